The summed E-state index contributed by atoms with van der Waals surface area (Å²) in [6, 6.07) is 13.5. The van der Waals surface area contributed by atoms with Crippen molar-refractivity contribution in [2.75, 3.05) is 19.5 Å². The number of carbonyl (C=O) groups excluding carboxylic acids is 1. The summed E-state index contributed by atoms with van der Waals surface area (Å²) < 4.78 is 10.9. The van der Waals surface area contributed by atoms with Gasteiger partial charge < -0.3 is 14.8 Å². The Balaban J connectivity index is 1.75. The smallest absolute Gasteiger partial charge is 0.259 e. The second-order valence-electron chi connectivity index (χ2n) is 10.1. The number of carbonyl (C=O) groups is 1. The van der Waals surface area contributed by atoms with Gasteiger partial charge in [0.05, 0.1) is 19.8 Å². The molecule has 1 aromatic heterocycles. The summed E-state index contributed by atoms with van der Waals surface area (Å²) in [5.74, 6) is 1.91. The van der Waals surface area contributed by atoms with E-state index in [-0.39, 0.29) is 11.3 Å². The van der Waals surface area contributed by atoms with Gasteiger partial charge in [0.2, 0.25) is 0 Å². The molecule has 0 aliphatic heterocycles. The number of nitrogens with zero attached hydrogens (tertiary/aromatic N) is 1. The standard InChI is InChI=1S/C29H34N2O3S/c1-18-9-7-8-10-23(18)31-27(32)26-22-13-11-20(29(2,3)4)16-25(22)35-28(26)30-17-19-15-21(33-5)12-14-24(19)34-6/h7-10,12,14-15,17,20H,11,13,16H2,1-6H3,(H,31,32)/t20-/m0/s1. The van der Waals surface area contributed by atoms with Crippen molar-refractivity contribution in [3.63, 3.8) is 0 Å². The highest BCUT2D eigenvalue weighted by Gasteiger charge is 2.33. The number of fused-ring (bicyclic) bond motifs is 1. The molecule has 2 aromatic carbocycles. The molecule has 0 saturated carbocycles. The van der Waals surface area contributed by atoms with Crippen molar-refractivity contribution < 1.29 is 14.3 Å². The molecule has 35 heavy (non-hydrogen) atoms. The Morgan fingerprint density at radius 1 is 1.14 bits per heavy atom. The number of nitrogens with one attached hydrogen (secondary N) is 1. The van der Waals surface area contributed by atoms with E-state index in [1.54, 1.807) is 31.8 Å². The first kappa shape index (κ1) is 25.0. The maximum absolute atomic E-state index is 13.6. The van der Waals surface area contributed by atoms with Gasteiger partial charge in [0.1, 0.15) is 16.5 Å². The number of para-hydroxylation sites is 1. The predicted octanol–water partition coefficient (Wildman–Crippen LogP) is 7.23. The summed E-state index contributed by atoms with van der Waals surface area (Å²) in [5, 5.41) is 3.87. The summed E-state index contributed by atoms with van der Waals surface area (Å²) in [5.41, 5.74) is 4.72. The number of methoxy groups -OCH3 is 2. The molecule has 3 aromatic rings. The molecule has 0 bridgehead atoms. The zero-order valence-corrected chi connectivity index (χ0v) is 22.2. The maximum Gasteiger partial charge on any atom is 0.259 e. The SMILES string of the molecule is COc1ccc(OC)c(C=Nc2sc3c(c2C(=O)Nc2ccccc2C)CC[C@H](C(C)(C)C)C3)c1. The fourth-order valence-electron chi connectivity index (χ4n) is 4.60. The molecule has 0 radical (unpaired) electrons. The van der Waals surface area contributed by atoms with E-state index in [1.165, 1.54) is 4.88 Å². The Kier molecular flexibility index (Phi) is 7.31. The number of hydrogen-bond acceptors (Lipinski definition) is 5. The average Bonchev–Trinajstić information content (AvgIpc) is 3.21. The Hall–Kier alpha value is -3.12. The minimum absolute atomic E-state index is 0.101. The molecule has 1 amide bonds. The van der Waals surface area contributed by atoms with Crippen LogP contribution in [0, 0.1) is 18.3 Å². The first-order chi connectivity index (χ1) is 16.7. The van der Waals surface area contributed by atoms with Crippen LogP contribution >= 0.6 is 11.3 Å². The lowest BCUT2D eigenvalue weighted by atomic mass is 9.72. The quantitative estimate of drug-likeness (QED) is 0.371. The lowest BCUT2D eigenvalue weighted by Crippen LogP contribution is -2.27. The lowest BCUT2D eigenvalue weighted by Gasteiger charge is -2.33. The summed E-state index contributed by atoms with van der Waals surface area (Å²) >= 11 is 1.64. The molecule has 0 unspecified atom stereocenters. The van der Waals surface area contributed by atoms with Gasteiger partial charge in [-0.05, 0) is 72.9 Å². The summed E-state index contributed by atoms with van der Waals surface area (Å²) in [6.07, 6.45) is 4.71. The second kappa shape index (κ2) is 10.2. The van der Waals surface area contributed by atoms with E-state index < -0.39 is 0 Å². The third-order valence-corrected chi connectivity index (χ3v) is 8.01. The zero-order chi connectivity index (χ0) is 25.2. The summed E-state index contributed by atoms with van der Waals surface area (Å²) in [6.45, 7) is 8.91. The van der Waals surface area contributed by atoms with E-state index in [0.29, 0.717) is 17.2 Å². The number of aliphatic imine (C=N–C) groups is 1. The number of ether oxygens (including phenoxy) is 2. The van der Waals surface area contributed by atoms with Crippen LogP contribution in [0.1, 0.15) is 59.1 Å². The summed E-state index contributed by atoms with van der Waals surface area (Å²) in [7, 11) is 3.27. The average molecular weight is 491 g/mol. The summed E-state index contributed by atoms with van der Waals surface area (Å²) in [4.78, 5) is 19.7. The van der Waals surface area contributed by atoms with Gasteiger partial charge in [-0.15, -0.1) is 11.3 Å². The number of anilines is 1. The monoisotopic (exact) mass is 490 g/mol. The van der Waals surface area contributed by atoms with Crippen LogP contribution in [-0.2, 0) is 12.8 Å². The highest BCUT2D eigenvalue weighted by atomic mass is 32.1. The van der Waals surface area contributed by atoms with E-state index in [4.69, 9.17) is 14.5 Å². The van der Waals surface area contributed by atoms with Crippen molar-refractivity contribution in [2.45, 2.75) is 47.0 Å². The van der Waals surface area contributed by atoms with Crippen molar-refractivity contribution >= 4 is 34.1 Å². The van der Waals surface area contributed by atoms with Crippen molar-refractivity contribution in [3.05, 3.63) is 69.6 Å². The van der Waals surface area contributed by atoms with Crippen LogP contribution < -0.4 is 14.8 Å². The Labute approximate surface area is 212 Å². The molecule has 6 heteroatoms. The molecule has 1 atom stereocenters. The van der Waals surface area contributed by atoms with Crippen LogP contribution in [0.4, 0.5) is 10.7 Å². The third kappa shape index (κ3) is 5.43. The van der Waals surface area contributed by atoms with Crippen LogP contribution in [-0.4, -0.2) is 26.3 Å². The number of aryl methyl sites for hydroxylation is 1. The second-order valence-corrected chi connectivity index (χ2v) is 11.2. The van der Waals surface area contributed by atoms with Gasteiger partial charge in [0, 0.05) is 22.3 Å². The first-order valence-electron chi connectivity index (χ1n) is 12.0. The highest BCUT2D eigenvalue weighted by Crippen LogP contribution is 2.45. The number of rotatable bonds is 6. The van der Waals surface area contributed by atoms with Gasteiger partial charge in [-0.25, -0.2) is 4.99 Å². The molecule has 0 spiro atoms. The topological polar surface area (TPSA) is 59.9 Å². The minimum Gasteiger partial charge on any atom is -0.497 e. The third-order valence-electron chi connectivity index (χ3n) is 6.85. The van der Waals surface area contributed by atoms with E-state index in [0.717, 1.165) is 52.4 Å². The maximum atomic E-state index is 13.6. The van der Waals surface area contributed by atoms with Gasteiger partial charge in [0.25, 0.3) is 5.91 Å². The Morgan fingerprint density at radius 3 is 2.60 bits per heavy atom. The molecule has 1 aliphatic rings. The zero-order valence-electron chi connectivity index (χ0n) is 21.4. The van der Waals surface area contributed by atoms with Gasteiger partial charge >= 0.3 is 0 Å². The van der Waals surface area contributed by atoms with E-state index >= 15 is 0 Å². The number of benzene rings is 2. The van der Waals surface area contributed by atoms with Crippen LogP contribution in [0.3, 0.4) is 0 Å². The molecule has 1 aliphatic carbocycles. The van der Waals surface area contributed by atoms with Crippen molar-refractivity contribution in [1.29, 1.82) is 0 Å². The van der Waals surface area contributed by atoms with Crippen molar-refractivity contribution in [2.24, 2.45) is 16.3 Å². The number of thiophene rings is 1. The van der Waals surface area contributed by atoms with Crippen LogP contribution in [0.25, 0.3) is 0 Å². The molecular formula is C29H34N2O3S. The van der Waals surface area contributed by atoms with Gasteiger partial charge in [-0.1, -0.05) is 39.0 Å². The molecule has 0 saturated heterocycles. The Bertz CT molecular complexity index is 1250. The molecule has 184 valence electrons. The Morgan fingerprint density at radius 2 is 1.91 bits per heavy atom. The molecule has 0 fully saturated rings. The number of hydrogen-bond donors (Lipinski definition) is 1. The highest BCUT2D eigenvalue weighted by molar-refractivity contribution is 7.16. The fraction of sp³-hybridized carbons (Fsp3) is 0.379. The molecular weight excluding hydrogens is 456 g/mol. The van der Waals surface area contributed by atoms with Gasteiger partial charge in [-0.3, -0.25) is 4.79 Å². The van der Waals surface area contributed by atoms with E-state index in [1.807, 2.05) is 49.4 Å². The van der Waals surface area contributed by atoms with Crippen LogP contribution in [0.15, 0.2) is 47.5 Å². The fourth-order valence-corrected chi connectivity index (χ4v) is 5.87. The molecule has 5 nitrogen and oxygen atoms in total. The van der Waals surface area contributed by atoms with Crippen molar-refractivity contribution in [1.82, 2.24) is 0 Å². The molecule has 1 N–H and O–H groups in total. The lowest BCUT2D eigenvalue weighted by molar-refractivity contribution is 0.102. The van der Waals surface area contributed by atoms with Gasteiger partial charge in [0.15, 0.2) is 0 Å². The van der Waals surface area contributed by atoms with Crippen LogP contribution in [0.2, 0.25) is 0 Å². The first-order valence-corrected chi connectivity index (χ1v) is 12.8. The van der Waals surface area contributed by atoms with E-state index in [2.05, 4.69) is 26.1 Å². The molecule has 4 rings (SSSR count). The van der Waals surface area contributed by atoms with E-state index in [9.17, 15) is 4.79 Å². The molecule has 1 heterocycles. The predicted molar refractivity (Wildman–Crippen MR) is 145 cm³/mol. The van der Waals surface area contributed by atoms with Gasteiger partial charge in [-0.2, -0.15) is 0 Å². The normalized spacial score (nSPS) is 15.7. The minimum atomic E-state index is -0.101. The van der Waals surface area contributed by atoms with Crippen molar-refractivity contribution in [3.8, 4) is 11.5 Å². The van der Waals surface area contributed by atoms with Crippen LogP contribution in [0.5, 0.6) is 11.5 Å². The largest absolute Gasteiger partial charge is 0.497 e. The number of amides is 1.